The van der Waals surface area contributed by atoms with Crippen LogP contribution in [0, 0.1) is 0 Å². The maximum atomic E-state index is 9.13. The summed E-state index contributed by atoms with van der Waals surface area (Å²) in [7, 11) is 0. The molecule has 124 valence electrons. The van der Waals surface area contributed by atoms with Crippen LogP contribution in [-0.4, -0.2) is 30.4 Å². The highest BCUT2D eigenvalue weighted by Gasteiger charge is 2.25. The van der Waals surface area contributed by atoms with Crippen molar-refractivity contribution in [3.05, 3.63) is 28.8 Å². The van der Waals surface area contributed by atoms with Gasteiger partial charge in [-0.1, -0.05) is 50.3 Å². The summed E-state index contributed by atoms with van der Waals surface area (Å²) >= 11 is 6.35. The van der Waals surface area contributed by atoms with E-state index in [9.17, 15) is 0 Å². The molecule has 0 amide bonds. The minimum absolute atomic E-state index is 0.0922. The molecule has 0 radical (unpaired) electrons. The van der Waals surface area contributed by atoms with Gasteiger partial charge in [-0.15, -0.1) is 0 Å². The van der Waals surface area contributed by atoms with Crippen LogP contribution in [0.1, 0.15) is 51.0 Å². The molecule has 0 bridgehead atoms. The molecular weight excluding hydrogens is 298 g/mol. The van der Waals surface area contributed by atoms with Crippen molar-refractivity contribution in [1.82, 2.24) is 5.32 Å². The van der Waals surface area contributed by atoms with Gasteiger partial charge in [-0.05, 0) is 30.5 Å². The van der Waals surface area contributed by atoms with Crippen LogP contribution in [0.15, 0.2) is 18.2 Å². The van der Waals surface area contributed by atoms with E-state index in [1.165, 1.54) is 37.7 Å². The fourth-order valence-electron chi connectivity index (χ4n) is 2.92. The van der Waals surface area contributed by atoms with Gasteiger partial charge in [0, 0.05) is 19.0 Å². The van der Waals surface area contributed by atoms with Crippen molar-refractivity contribution in [2.45, 2.75) is 64.0 Å². The lowest BCUT2D eigenvalue weighted by Gasteiger charge is -2.15. The van der Waals surface area contributed by atoms with Crippen LogP contribution < -0.4 is 10.1 Å². The third kappa shape index (κ3) is 5.45. The van der Waals surface area contributed by atoms with Crippen molar-refractivity contribution in [1.29, 1.82) is 0 Å². The minimum Gasteiger partial charge on any atom is -0.487 e. The first-order valence-corrected chi connectivity index (χ1v) is 8.90. The molecule has 2 atom stereocenters. The average molecular weight is 326 g/mol. The Bertz CT molecular complexity index is 453. The predicted molar refractivity (Wildman–Crippen MR) is 91.8 cm³/mol. The second-order valence-electron chi connectivity index (χ2n) is 6.19. The van der Waals surface area contributed by atoms with Crippen LogP contribution in [0.2, 0.25) is 5.02 Å². The Balaban J connectivity index is 1.79. The Morgan fingerprint density at radius 1 is 1.27 bits per heavy atom. The lowest BCUT2D eigenvalue weighted by atomic mass is 10.1. The third-order valence-electron chi connectivity index (χ3n) is 4.26. The van der Waals surface area contributed by atoms with Crippen molar-refractivity contribution in [3.63, 3.8) is 0 Å². The second kappa shape index (κ2) is 9.39. The number of rotatable bonds is 9. The molecule has 4 heteroatoms. The molecular formula is C18H28ClNO2. The van der Waals surface area contributed by atoms with Gasteiger partial charge in [0.15, 0.2) is 0 Å². The van der Waals surface area contributed by atoms with E-state index in [4.69, 9.17) is 21.4 Å². The molecule has 1 aromatic carbocycles. The summed E-state index contributed by atoms with van der Waals surface area (Å²) in [5, 5.41) is 13.1. The monoisotopic (exact) mass is 325 g/mol. The van der Waals surface area contributed by atoms with Crippen LogP contribution in [0.5, 0.6) is 5.75 Å². The molecule has 3 nitrogen and oxygen atoms in total. The second-order valence-corrected chi connectivity index (χ2v) is 6.60. The largest absolute Gasteiger partial charge is 0.487 e. The Labute approximate surface area is 139 Å². The number of aliphatic hydroxyl groups is 1. The number of aryl methyl sites for hydroxylation is 1. The highest BCUT2D eigenvalue weighted by Crippen LogP contribution is 2.28. The Morgan fingerprint density at radius 3 is 2.77 bits per heavy atom. The lowest BCUT2D eigenvalue weighted by Crippen LogP contribution is -2.25. The lowest BCUT2D eigenvalue weighted by molar-refractivity contribution is 0.206. The fourth-order valence-corrected chi connectivity index (χ4v) is 3.17. The fraction of sp³-hybridized carbons (Fsp3) is 0.667. The molecule has 2 rings (SSSR count). The van der Waals surface area contributed by atoms with Crippen LogP contribution in [-0.2, 0) is 6.42 Å². The molecule has 1 fully saturated rings. The smallest absolute Gasteiger partial charge is 0.138 e. The van der Waals surface area contributed by atoms with Crippen molar-refractivity contribution in [2.24, 2.45) is 0 Å². The average Bonchev–Trinajstić information content (AvgIpc) is 2.97. The van der Waals surface area contributed by atoms with Crippen molar-refractivity contribution >= 4 is 11.6 Å². The van der Waals surface area contributed by atoms with Crippen LogP contribution >= 0.6 is 11.6 Å². The maximum Gasteiger partial charge on any atom is 0.138 e. The predicted octanol–water partition coefficient (Wildman–Crippen LogP) is 3.95. The topological polar surface area (TPSA) is 41.5 Å². The number of nitrogens with one attached hydrogen (secondary N) is 1. The number of ether oxygens (including phenoxy) is 1. The summed E-state index contributed by atoms with van der Waals surface area (Å²) in [6.45, 7) is 3.16. The van der Waals surface area contributed by atoms with Crippen LogP contribution in [0.4, 0.5) is 0 Å². The van der Waals surface area contributed by atoms with E-state index in [0.29, 0.717) is 5.02 Å². The van der Waals surface area contributed by atoms with Gasteiger partial charge in [0.2, 0.25) is 0 Å². The van der Waals surface area contributed by atoms with Gasteiger partial charge in [0.1, 0.15) is 11.9 Å². The quantitative estimate of drug-likeness (QED) is 0.675. The molecule has 1 aliphatic heterocycles. The van der Waals surface area contributed by atoms with Gasteiger partial charge in [0.05, 0.1) is 11.6 Å². The first-order valence-electron chi connectivity index (χ1n) is 8.52. The first-order chi connectivity index (χ1) is 10.7. The summed E-state index contributed by atoms with van der Waals surface area (Å²) in [6.07, 6.45) is 8.46. The number of halogens is 1. The zero-order chi connectivity index (χ0) is 15.8. The molecule has 1 unspecified atom stereocenters. The summed E-state index contributed by atoms with van der Waals surface area (Å²) in [4.78, 5) is 0. The van der Waals surface area contributed by atoms with Crippen molar-refractivity contribution in [2.75, 3.05) is 13.2 Å². The van der Waals surface area contributed by atoms with E-state index >= 15 is 0 Å². The summed E-state index contributed by atoms with van der Waals surface area (Å²) in [6, 6.07) is 6.28. The number of aliphatic hydroxyl groups excluding tert-OH is 1. The zero-order valence-electron chi connectivity index (χ0n) is 13.5. The maximum absolute atomic E-state index is 9.13. The first kappa shape index (κ1) is 17.6. The normalized spacial score (nSPS) is 21.2. The van der Waals surface area contributed by atoms with Gasteiger partial charge in [0.25, 0.3) is 0 Å². The standard InChI is InChI=1S/C18H28ClNO2/c1-2-3-4-5-6-7-14-8-9-18(17(19)10-14)22-16-11-15(13-21)20-12-16/h8-10,15-16,20-21H,2-7,11-13H2,1H3/t15?,16-/m0/s1. The summed E-state index contributed by atoms with van der Waals surface area (Å²) in [5.41, 5.74) is 1.28. The minimum atomic E-state index is 0.0922. The van der Waals surface area contributed by atoms with Gasteiger partial charge in [-0.25, -0.2) is 0 Å². The molecule has 1 heterocycles. The van der Waals surface area contributed by atoms with Crippen molar-refractivity contribution < 1.29 is 9.84 Å². The molecule has 1 aliphatic rings. The Morgan fingerprint density at radius 2 is 2.09 bits per heavy atom. The SMILES string of the molecule is CCCCCCCc1ccc(O[C@@H]2CNC(CO)C2)c(Cl)c1. The number of benzene rings is 1. The summed E-state index contributed by atoms with van der Waals surface area (Å²) in [5.74, 6) is 0.752. The molecule has 1 aromatic rings. The van der Waals surface area contributed by atoms with Crippen LogP contribution in [0.25, 0.3) is 0 Å². The van der Waals surface area contributed by atoms with E-state index < -0.39 is 0 Å². The Hall–Kier alpha value is -0.770. The van der Waals surface area contributed by atoms with E-state index in [-0.39, 0.29) is 18.8 Å². The molecule has 0 aliphatic carbocycles. The Kier molecular flexibility index (Phi) is 7.50. The van der Waals surface area contributed by atoms with E-state index in [1.807, 2.05) is 12.1 Å². The molecule has 0 aromatic heterocycles. The van der Waals surface area contributed by atoms with Gasteiger partial charge < -0.3 is 15.2 Å². The van der Waals surface area contributed by atoms with Gasteiger partial charge in [-0.3, -0.25) is 0 Å². The summed E-state index contributed by atoms with van der Waals surface area (Å²) < 4.78 is 5.95. The molecule has 0 spiro atoms. The van der Waals surface area contributed by atoms with Gasteiger partial charge in [-0.2, -0.15) is 0 Å². The third-order valence-corrected chi connectivity index (χ3v) is 4.56. The molecule has 22 heavy (non-hydrogen) atoms. The molecule has 1 saturated heterocycles. The number of hydrogen-bond donors (Lipinski definition) is 2. The van der Waals surface area contributed by atoms with Gasteiger partial charge >= 0.3 is 0 Å². The zero-order valence-corrected chi connectivity index (χ0v) is 14.2. The van der Waals surface area contributed by atoms with Crippen molar-refractivity contribution in [3.8, 4) is 5.75 Å². The van der Waals surface area contributed by atoms with E-state index in [0.717, 1.165) is 25.1 Å². The highest BCUT2D eigenvalue weighted by atomic mass is 35.5. The number of unbranched alkanes of at least 4 members (excludes halogenated alkanes) is 4. The molecule has 2 N–H and O–H groups in total. The van der Waals surface area contributed by atoms with E-state index in [1.54, 1.807) is 0 Å². The van der Waals surface area contributed by atoms with E-state index in [2.05, 4.69) is 18.3 Å². The van der Waals surface area contributed by atoms with Crippen LogP contribution in [0.3, 0.4) is 0 Å². The highest BCUT2D eigenvalue weighted by molar-refractivity contribution is 6.32. The number of hydrogen-bond acceptors (Lipinski definition) is 3. The molecule has 0 saturated carbocycles.